The summed E-state index contributed by atoms with van der Waals surface area (Å²) in [6.45, 7) is 4.16. The molecule has 1 aliphatic rings. The highest BCUT2D eigenvalue weighted by Crippen LogP contribution is 2.24. The van der Waals surface area contributed by atoms with Crippen LogP contribution in [0.4, 0.5) is 0 Å². The molecule has 1 amide bonds. The third-order valence-corrected chi connectivity index (χ3v) is 3.60. The number of carboxylic acid groups (broad SMARTS) is 1. The monoisotopic (exact) mass is 257 g/mol. The van der Waals surface area contributed by atoms with Crippen LogP contribution in [-0.2, 0) is 9.59 Å². The zero-order valence-corrected chi connectivity index (χ0v) is 11.1. The molecule has 3 unspecified atom stereocenters. The van der Waals surface area contributed by atoms with Gasteiger partial charge in [-0.1, -0.05) is 26.7 Å². The number of nitrogens with zero attached hydrogens (tertiary/aromatic N) is 1. The molecule has 104 valence electrons. The van der Waals surface area contributed by atoms with Gasteiger partial charge in [0.05, 0.1) is 6.10 Å². The lowest BCUT2D eigenvalue weighted by molar-refractivity contribution is -0.150. The number of hydrogen-bond donors (Lipinski definition) is 2. The number of aliphatic carboxylic acids is 1. The molecule has 0 radical (unpaired) electrons. The molecule has 0 spiro atoms. The van der Waals surface area contributed by atoms with E-state index in [4.69, 9.17) is 5.11 Å². The van der Waals surface area contributed by atoms with Gasteiger partial charge in [-0.2, -0.15) is 0 Å². The molecule has 2 N–H and O–H groups in total. The lowest BCUT2D eigenvalue weighted by atomic mass is 9.97. The maximum Gasteiger partial charge on any atom is 0.326 e. The van der Waals surface area contributed by atoms with Crippen molar-refractivity contribution in [3.8, 4) is 0 Å². The maximum absolute atomic E-state index is 12.3. The van der Waals surface area contributed by atoms with Crippen molar-refractivity contribution in [3.05, 3.63) is 0 Å². The van der Waals surface area contributed by atoms with Gasteiger partial charge >= 0.3 is 5.97 Å². The van der Waals surface area contributed by atoms with Gasteiger partial charge in [0, 0.05) is 18.9 Å². The molecule has 5 heteroatoms. The maximum atomic E-state index is 12.3. The smallest absolute Gasteiger partial charge is 0.326 e. The number of aliphatic hydroxyl groups is 1. The van der Waals surface area contributed by atoms with Crippen molar-refractivity contribution in [1.29, 1.82) is 0 Å². The number of amides is 1. The highest BCUT2D eigenvalue weighted by Gasteiger charge is 2.40. The Bertz CT molecular complexity index is 305. The average Bonchev–Trinajstić information content (AvgIpc) is 2.72. The predicted molar refractivity (Wildman–Crippen MR) is 67.1 cm³/mol. The fourth-order valence-corrected chi connectivity index (χ4v) is 2.48. The normalized spacial score (nSPS) is 25.2. The number of carboxylic acids is 1. The fourth-order valence-electron chi connectivity index (χ4n) is 2.48. The van der Waals surface area contributed by atoms with E-state index in [-0.39, 0.29) is 24.8 Å². The van der Waals surface area contributed by atoms with E-state index in [1.54, 1.807) is 0 Å². The van der Waals surface area contributed by atoms with E-state index in [0.29, 0.717) is 0 Å². The Morgan fingerprint density at radius 1 is 1.39 bits per heavy atom. The van der Waals surface area contributed by atoms with Crippen molar-refractivity contribution < 1.29 is 19.8 Å². The summed E-state index contributed by atoms with van der Waals surface area (Å²) in [6, 6.07) is -0.858. The van der Waals surface area contributed by atoms with Gasteiger partial charge in [-0.25, -0.2) is 4.79 Å². The van der Waals surface area contributed by atoms with Gasteiger partial charge in [0.1, 0.15) is 6.04 Å². The summed E-state index contributed by atoms with van der Waals surface area (Å²) in [7, 11) is 0. The molecule has 0 aromatic rings. The number of hydrogen-bond acceptors (Lipinski definition) is 3. The van der Waals surface area contributed by atoms with Crippen LogP contribution < -0.4 is 0 Å². The fraction of sp³-hybridized carbons (Fsp3) is 0.846. The zero-order chi connectivity index (χ0) is 13.7. The molecular formula is C13H23NO4. The first-order valence-electron chi connectivity index (χ1n) is 6.72. The third-order valence-electron chi connectivity index (χ3n) is 3.60. The Morgan fingerprint density at radius 3 is 2.56 bits per heavy atom. The highest BCUT2D eigenvalue weighted by atomic mass is 16.4. The predicted octanol–water partition coefficient (Wildman–Crippen LogP) is 1.25. The van der Waals surface area contributed by atoms with Crippen LogP contribution in [0.25, 0.3) is 0 Å². The Balaban J connectivity index is 2.70. The minimum atomic E-state index is -1.02. The minimum Gasteiger partial charge on any atom is -0.480 e. The first-order chi connectivity index (χ1) is 8.51. The number of likely N-dealkylation sites (tertiary alicyclic amines) is 1. The third kappa shape index (κ3) is 3.45. The molecule has 1 heterocycles. The van der Waals surface area contributed by atoms with Crippen LogP contribution in [0.1, 0.15) is 46.0 Å². The lowest BCUT2D eigenvalue weighted by Gasteiger charge is -2.26. The van der Waals surface area contributed by atoms with Crippen LogP contribution in [0.2, 0.25) is 0 Å². The van der Waals surface area contributed by atoms with Crippen LogP contribution in [0, 0.1) is 5.92 Å². The zero-order valence-electron chi connectivity index (χ0n) is 11.1. The van der Waals surface area contributed by atoms with Crippen molar-refractivity contribution in [1.82, 2.24) is 4.90 Å². The van der Waals surface area contributed by atoms with Gasteiger partial charge < -0.3 is 15.1 Å². The standard InChI is InChI=1S/C13H23NO4/c1-3-5-6-9(4-2)12(16)14-8-10(15)7-11(14)13(17)18/h9-11,15H,3-8H2,1-2H3,(H,17,18). The number of aliphatic hydroxyl groups excluding tert-OH is 1. The minimum absolute atomic E-state index is 0.114. The van der Waals surface area contributed by atoms with Crippen molar-refractivity contribution in [3.63, 3.8) is 0 Å². The Kier molecular flexibility index (Phi) is 5.59. The van der Waals surface area contributed by atoms with Crippen LogP contribution in [0.15, 0.2) is 0 Å². The van der Waals surface area contributed by atoms with Crippen molar-refractivity contribution in [2.45, 2.75) is 58.1 Å². The Morgan fingerprint density at radius 2 is 2.06 bits per heavy atom. The largest absolute Gasteiger partial charge is 0.480 e. The first-order valence-corrected chi connectivity index (χ1v) is 6.72. The molecule has 0 aromatic heterocycles. The molecule has 1 aliphatic heterocycles. The van der Waals surface area contributed by atoms with E-state index < -0.39 is 18.1 Å². The quantitative estimate of drug-likeness (QED) is 0.750. The summed E-state index contributed by atoms with van der Waals surface area (Å²) in [4.78, 5) is 24.7. The van der Waals surface area contributed by atoms with Crippen LogP contribution in [0.5, 0.6) is 0 Å². The van der Waals surface area contributed by atoms with E-state index in [2.05, 4.69) is 6.92 Å². The SMILES string of the molecule is CCCCC(CC)C(=O)N1CC(O)CC1C(=O)O. The van der Waals surface area contributed by atoms with E-state index in [1.807, 2.05) is 6.92 Å². The van der Waals surface area contributed by atoms with Gasteiger partial charge in [0.2, 0.25) is 5.91 Å². The highest BCUT2D eigenvalue weighted by molar-refractivity contribution is 5.85. The first kappa shape index (κ1) is 15.0. The molecule has 0 saturated carbocycles. The summed E-state index contributed by atoms with van der Waals surface area (Å²) >= 11 is 0. The summed E-state index contributed by atoms with van der Waals surface area (Å²) in [5.41, 5.74) is 0. The van der Waals surface area contributed by atoms with Crippen LogP contribution >= 0.6 is 0 Å². The van der Waals surface area contributed by atoms with Gasteiger partial charge in [0.25, 0.3) is 0 Å². The molecule has 0 aromatic carbocycles. The second kappa shape index (κ2) is 6.73. The van der Waals surface area contributed by atoms with E-state index in [1.165, 1.54) is 4.90 Å². The molecular weight excluding hydrogens is 234 g/mol. The Labute approximate surface area is 108 Å². The molecule has 0 aliphatic carbocycles. The molecule has 1 rings (SSSR count). The summed E-state index contributed by atoms with van der Waals surface area (Å²) in [6.07, 6.45) is 2.94. The number of carbonyl (C=O) groups excluding carboxylic acids is 1. The molecule has 1 fully saturated rings. The van der Waals surface area contributed by atoms with E-state index in [0.717, 1.165) is 25.7 Å². The number of β-amino-alcohol motifs (C(OH)–C–C–N with tert-alkyl or cyclic N) is 1. The second-order valence-corrected chi connectivity index (χ2v) is 4.98. The lowest BCUT2D eigenvalue weighted by Crippen LogP contribution is -2.43. The van der Waals surface area contributed by atoms with Crippen molar-refractivity contribution in [2.75, 3.05) is 6.54 Å². The molecule has 3 atom stereocenters. The average molecular weight is 257 g/mol. The van der Waals surface area contributed by atoms with E-state index >= 15 is 0 Å². The van der Waals surface area contributed by atoms with Crippen LogP contribution in [0.3, 0.4) is 0 Å². The van der Waals surface area contributed by atoms with Crippen molar-refractivity contribution in [2.24, 2.45) is 5.92 Å². The summed E-state index contributed by atoms with van der Waals surface area (Å²) < 4.78 is 0. The topological polar surface area (TPSA) is 77.8 Å². The summed E-state index contributed by atoms with van der Waals surface area (Å²) in [5, 5.41) is 18.6. The van der Waals surface area contributed by atoms with Crippen LogP contribution in [-0.4, -0.2) is 45.7 Å². The molecule has 1 saturated heterocycles. The van der Waals surface area contributed by atoms with Gasteiger partial charge in [-0.05, 0) is 12.8 Å². The van der Waals surface area contributed by atoms with Gasteiger partial charge in [0.15, 0.2) is 0 Å². The van der Waals surface area contributed by atoms with E-state index in [9.17, 15) is 14.7 Å². The van der Waals surface area contributed by atoms with Gasteiger partial charge in [-0.15, -0.1) is 0 Å². The number of rotatable bonds is 6. The molecule has 0 bridgehead atoms. The molecule has 5 nitrogen and oxygen atoms in total. The van der Waals surface area contributed by atoms with Crippen molar-refractivity contribution >= 4 is 11.9 Å². The molecule has 18 heavy (non-hydrogen) atoms. The Hall–Kier alpha value is -1.10. The number of carbonyl (C=O) groups is 2. The number of unbranched alkanes of at least 4 members (excludes halogenated alkanes) is 1. The van der Waals surface area contributed by atoms with Gasteiger partial charge in [-0.3, -0.25) is 4.79 Å². The second-order valence-electron chi connectivity index (χ2n) is 4.98. The summed E-state index contributed by atoms with van der Waals surface area (Å²) in [5.74, 6) is -1.25.